The lowest BCUT2D eigenvalue weighted by molar-refractivity contribution is -0.140. The van der Waals surface area contributed by atoms with Gasteiger partial charge in [0.05, 0.1) is 30.4 Å². The molecule has 3 rings (SSSR count). The van der Waals surface area contributed by atoms with Crippen LogP contribution in [0.4, 0.5) is 0 Å². The second-order valence-electron chi connectivity index (χ2n) is 8.41. The molecule has 0 bridgehead atoms. The summed E-state index contributed by atoms with van der Waals surface area (Å²) in [5.41, 5.74) is 1.18. The average Bonchev–Trinajstić information content (AvgIpc) is 3.02. The molecule has 1 saturated heterocycles. The number of carbonyl (C=O) groups is 2. The zero-order valence-electron chi connectivity index (χ0n) is 19.7. The number of ether oxygens (including phenoxy) is 3. The van der Waals surface area contributed by atoms with Crippen molar-refractivity contribution in [3.8, 4) is 11.5 Å². The van der Waals surface area contributed by atoms with E-state index in [1.807, 2.05) is 27.7 Å². The van der Waals surface area contributed by atoms with Gasteiger partial charge in [0.25, 0.3) is 11.7 Å². The molecule has 7 nitrogen and oxygen atoms in total. The highest BCUT2D eigenvalue weighted by molar-refractivity contribution is 6.46. The zero-order valence-corrected chi connectivity index (χ0v) is 19.7. The molecule has 1 fully saturated rings. The highest BCUT2D eigenvalue weighted by Gasteiger charge is 2.45. The van der Waals surface area contributed by atoms with Crippen molar-refractivity contribution < 1.29 is 28.9 Å². The second-order valence-corrected chi connectivity index (χ2v) is 8.41. The third-order valence-corrected chi connectivity index (χ3v) is 5.14. The maximum absolute atomic E-state index is 13.0. The number of benzene rings is 2. The summed E-state index contributed by atoms with van der Waals surface area (Å²) in [5.74, 6) is -0.279. The van der Waals surface area contributed by atoms with Gasteiger partial charge >= 0.3 is 0 Å². The number of carbonyl (C=O) groups excluding carboxylic acids is 2. The maximum atomic E-state index is 13.0. The number of nitrogens with zero attached hydrogens (tertiary/aromatic N) is 1. The second kappa shape index (κ2) is 10.5. The van der Waals surface area contributed by atoms with Crippen LogP contribution in [-0.4, -0.2) is 54.2 Å². The third kappa shape index (κ3) is 5.54. The Morgan fingerprint density at radius 1 is 0.909 bits per heavy atom. The summed E-state index contributed by atoms with van der Waals surface area (Å²) in [6.07, 6.45) is 0.0315. The molecule has 0 saturated carbocycles. The van der Waals surface area contributed by atoms with E-state index in [1.165, 1.54) is 12.0 Å². The maximum Gasteiger partial charge on any atom is 0.295 e. The van der Waals surface area contributed by atoms with E-state index in [2.05, 4.69) is 0 Å². The Balaban J connectivity index is 2.04. The predicted octanol–water partition coefficient (Wildman–Crippen LogP) is 4.33. The number of ketones is 1. The fourth-order valence-corrected chi connectivity index (χ4v) is 3.77. The molecular formula is C26H31NO6. The molecule has 1 aliphatic rings. The Morgan fingerprint density at radius 3 is 1.91 bits per heavy atom. The highest BCUT2D eigenvalue weighted by atomic mass is 16.5. The fraction of sp³-hybridized carbons (Fsp3) is 0.385. The van der Waals surface area contributed by atoms with Crippen LogP contribution >= 0.6 is 0 Å². The third-order valence-electron chi connectivity index (χ3n) is 5.14. The van der Waals surface area contributed by atoms with Crippen LogP contribution in [0.15, 0.2) is 54.1 Å². The molecule has 0 aromatic heterocycles. The fourth-order valence-electron chi connectivity index (χ4n) is 3.77. The summed E-state index contributed by atoms with van der Waals surface area (Å²) in [7, 11) is 1.53. The minimum atomic E-state index is -0.736. The van der Waals surface area contributed by atoms with Gasteiger partial charge in [-0.05, 0) is 69.7 Å². The van der Waals surface area contributed by atoms with Crippen molar-refractivity contribution in [2.45, 2.75) is 45.9 Å². The molecule has 33 heavy (non-hydrogen) atoms. The molecule has 7 heteroatoms. The van der Waals surface area contributed by atoms with Gasteiger partial charge in [-0.2, -0.15) is 0 Å². The summed E-state index contributed by atoms with van der Waals surface area (Å²) >= 11 is 0. The van der Waals surface area contributed by atoms with Crippen molar-refractivity contribution in [3.05, 3.63) is 65.2 Å². The number of Topliss-reactive ketones (excluding diaryl/α,β-unsaturated/α-hetero) is 1. The van der Waals surface area contributed by atoms with Gasteiger partial charge in [0, 0.05) is 19.2 Å². The monoisotopic (exact) mass is 453 g/mol. The summed E-state index contributed by atoms with van der Waals surface area (Å²) in [5, 5.41) is 11.1. The van der Waals surface area contributed by atoms with E-state index >= 15 is 0 Å². The molecular weight excluding hydrogens is 422 g/mol. The van der Waals surface area contributed by atoms with Crippen LogP contribution in [0.2, 0.25) is 0 Å². The number of hydrogen-bond acceptors (Lipinski definition) is 6. The van der Waals surface area contributed by atoms with Crippen molar-refractivity contribution in [1.29, 1.82) is 0 Å². The van der Waals surface area contributed by atoms with Crippen molar-refractivity contribution >= 4 is 17.4 Å². The van der Waals surface area contributed by atoms with Gasteiger partial charge < -0.3 is 24.2 Å². The Kier molecular flexibility index (Phi) is 7.76. The largest absolute Gasteiger partial charge is 0.507 e. The van der Waals surface area contributed by atoms with Crippen LogP contribution in [-0.2, 0) is 14.3 Å². The van der Waals surface area contributed by atoms with Crippen LogP contribution < -0.4 is 9.47 Å². The zero-order chi connectivity index (χ0) is 24.1. The molecule has 0 spiro atoms. The number of amides is 1. The van der Waals surface area contributed by atoms with Gasteiger partial charge in [0.1, 0.15) is 17.3 Å². The molecule has 1 N–H and O–H groups in total. The standard InChI is InChI=1S/C26H31NO6/c1-16(2)32-20-10-6-18(7-11-20)23-22(25(29)26(30)27(23)14-15-31-5)24(28)19-8-12-21(13-9-19)33-17(3)4/h6-13,16-17,23,28H,14-15H2,1-5H3/b24-22+. The van der Waals surface area contributed by atoms with E-state index in [9.17, 15) is 14.7 Å². The molecule has 2 aromatic carbocycles. The van der Waals surface area contributed by atoms with Gasteiger partial charge in [-0.25, -0.2) is 0 Å². The quantitative estimate of drug-likeness (QED) is 0.346. The number of hydrogen-bond donors (Lipinski definition) is 1. The Morgan fingerprint density at radius 2 is 1.42 bits per heavy atom. The molecule has 176 valence electrons. The number of aliphatic hydroxyl groups is 1. The molecule has 1 aliphatic heterocycles. The predicted molar refractivity (Wildman–Crippen MR) is 125 cm³/mol. The molecule has 0 radical (unpaired) electrons. The van der Waals surface area contributed by atoms with Crippen molar-refractivity contribution in [1.82, 2.24) is 4.90 Å². The highest BCUT2D eigenvalue weighted by Crippen LogP contribution is 2.39. The van der Waals surface area contributed by atoms with E-state index in [0.717, 1.165) is 0 Å². The first-order chi connectivity index (χ1) is 15.7. The lowest BCUT2D eigenvalue weighted by Gasteiger charge is -2.25. The van der Waals surface area contributed by atoms with Crippen LogP contribution in [0.1, 0.15) is 44.9 Å². The van der Waals surface area contributed by atoms with Gasteiger partial charge in [0.15, 0.2) is 0 Å². The molecule has 2 aromatic rings. The van der Waals surface area contributed by atoms with Crippen molar-refractivity contribution in [2.75, 3.05) is 20.3 Å². The van der Waals surface area contributed by atoms with Crippen LogP contribution in [0.3, 0.4) is 0 Å². The number of methoxy groups -OCH3 is 1. The minimum Gasteiger partial charge on any atom is -0.507 e. The Hall–Kier alpha value is -3.32. The van der Waals surface area contributed by atoms with E-state index in [-0.39, 0.29) is 36.7 Å². The van der Waals surface area contributed by atoms with E-state index < -0.39 is 17.7 Å². The van der Waals surface area contributed by atoms with Gasteiger partial charge in [0.2, 0.25) is 0 Å². The smallest absolute Gasteiger partial charge is 0.295 e. The van der Waals surface area contributed by atoms with Crippen LogP contribution in [0.25, 0.3) is 5.76 Å². The van der Waals surface area contributed by atoms with E-state index in [4.69, 9.17) is 14.2 Å². The topological polar surface area (TPSA) is 85.3 Å². The minimum absolute atomic E-state index is 0.0122. The lowest BCUT2D eigenvalue weighted by atomic mass is 9.95. The van der Waals surface area contributed by atoms with Crippen LogP contribution in [0, 0.1) is 0 Å². The van der Waals surface area contributed by atoms with Gasteiger partial charge in [-0.3, -0.25) is 9.59 Å². The average molecular weight is 454 g/mol. The first-order valence-electron chi connectivity index (χ1n) is 11.0. The first kappa shape index (κ1) is 24.3. The number of aliphatic hydroxyl groups excluding tert-OH is 1. The van der Waals surface area contributed by atoms with Crippen LogP contribution in [0.5, 0.6) is 11.5 Å². The number of likely N-dealkylation sites (tertiary alicyclic amines) is 1. The Bertz CT molecular complexity index is 1010. The number of rotatable bonds is 9. The van der Waals surface area contributed by atoms with E-state index in [1.54, 1.807) is 48.5 Å². The van der Waals surface area contributed by atoms with E-state index in [0.29, 0.717) is 22.6 Å². The molecule has 1 heterocycles. The Labute approximate surface area is 194 Å². The summed E-state index contributed by atoms with van der Waals surface area (Å²) in [6.45, 7) is 8.20. The van der Waals surface area contributed by atoms with Crippen molar-refractivity contribution in [2.24, 2.45) is 0 Å². The summed E-state index contributed by atoms with van der Waals surface area (Å²) in [4.78, 5) is 27.3. The molecule has 1 atom stereocenters. The molecule has 1 unspecified atom stereocenters. The van der Waals surface area contributed by atoms with Gasteiger partial charge in [-0.15, -0.1) is 0 Å². The SMILES string of the molecule is COCCN1C(=O)C(=O)/C(=C(/O)c2ccc(OC(C)C)cc2)C1c1ccc(OC(C)C)cc1. The molecule has 1 amide bonds. The first-order valence-corrected chi connectivity index (χ1v) is 11.0. The van der Waals surface area contributed by atoms with Crippen molar-refractivity contribution in [3.63, 3.8) is 0 Å². The summed E-state index contributed by atoms with van der Waals surface area (Å²) < 4.78 is 16.5. The lowest BCUT2D eigenvalue weighted by Crippen LogP contribution is -2.32. The molecule has 0 aliphatic carbocycles. The van der Waals surface area contributed by atoms with Gasteiger partial charge in [-0.1, -0.05) is 12.1 Å². The normalized spacial score (nSPS) is 17.8. The summed E-state index contributed by atoms with van der Waals surface area (Å²) in [6, 6.07) is 13.3.